The van der Waals surface area contributed by atoms with E-state index in [1.807, 2.05) is 205 Å². The number of aliphatic imine (C=N–C) groups is 1. The van der Waals surface area contributed by atoms with Crippen LogP contribution in [0.15, 0.2) is 186 Å². The first-order chi connectivity index (χ1) is 50.7. The Morgan fingerprint density at radius 3 is 1.25 bits per heavy atom. The molecule has 0 saturated heterocycles. The topological polar surface area (TPSA) is 202 Å². The van der Waals surface area contributed by atoms with E-state index < -0.39 is 45.7 Å². The Morgan fingerprint density at radius 1 is 0.492 bits per heavy atom. The number of rotatable bonds is 15. The molecule has 0 saturated carbocycles. The third kappa shape index (κ3) is 48.3. The second kappa shape index (κ2) is 68.5. The molecule has 0 radical (unpaired) electrons. The fourth-order valence-corrected chi connectivity index (χ4v) is 18.0. The molecule has 4 aromatic carbocycles. The zero-order chi connectivity index (χ0) is 79.6. The van der Waals surface area contributed by atoms with Crippen LogP contribution in [0, 0.1) is 19.3 Å². The number of carbonyl (C=O) groups excluding carboxylic acids is 1. The molecule has 15 nitrogen and oxygen atoms in total. The Balaban J connectivity index is -0.000000159. The molecule has 0 fully saturated rings. The predicted molar refractivity (Wildman–Crippen MR) is 458 cm³/mol. The molecule has 8 bridgehead atoms. The van der Waals surface area contributed by atoms with Crippen molar-refractivity contribution >= 4 is 95.5 Å². The van der Waals surface area contributed by atoms with Gasteiger partial charge in [0.2, 0.25) is 5.78 Å². The van der Waals surface area contributed by atoms with E-state index in [4.69, 9.17) is 43.0 Å². The number of hydrogen-bond acceptors (Lipinski definition) is 10. The van der Waals surface area contributed by atoms with E-state index in [2.05, 4.69) is 159 Å². The van der Waals surface area contributed by atoms with Gasteiger partial charge in [0.05, 0.1) is 66.7 Å². The monoisotopic (exact) mass is 2930 g/mol. The average Bonchev–Trinajstić information content (AvgIpc) is 1.75. The summed E-state index contributed by atoms with van der Waals surface area (Å²) in [5, 5.41) is 0.980. The van der Waals surface area contributed by atoms with Crippen LogP contribution in [-0.4, -0.2) is 72.9 Å². The summed E-state index contributed by atoms with van der Waals surface area (Å²) in [6.07, 6.45) is 9.05. The van der Waals surface area contributed by atoms with Crippen molar-refractivity contribution in [3.05, 3.63) is 248 Å². The summed E-state index contributed by atoms with van der Waals surface area (Å²) in [4.78, 5) is 48.4. The molecule has 616 valence electrons. The Morgan fingerprint density at radius 2 is 0.877 bits per heavy atom. The van der Waals surface area contributed by atoms with Gasteiger partial charge in [-0.15, -0.1) is 22.1 Å². The molecule has 130 heavy (non-hydrogen) atoms. The largest absolute Gasteiger partial charge is 2.00 e. The van der Waals surface area contributed by atoms with Crippen LogP contribution < -0.4 is 20.6 Å². The summed E-state index contributed by atoms with van der Waals surface area (Å²) in [6, 6.07) is 55.8. The molecule has 9 heterocycles. The molecular formula is C90H111BrN8O7P2SiZn21. The fourth-order valence-electron chi connectivity index (χ4n) is 13.2. The number of halogens is 1. The van der Waals surface area contributed by atoms with Gasteiger partial charge >= 0.3 is 34.7 Å². The van der Waals surface area contributed by atoms with Crippen LogP contribution in [0.1, 0.15) is 203 Å². The van der Waals surface area contributed by atoms with Gasteiger partial charge in [-0.05, 0) is 232 Å². The van der Waals surface area contributed by atoms with Gasteiger partial charge in [0, 0.05) is 462 Å². The summed E-state index contributed by atoms with van der Waals surface area (Å²) in [7, 11) is -7.91. The maximum absolute atomic E-state index is 14.4. The number of carbonyl (C=O) groups is 1. The first-order valence-electron chi connectivity index (χ1n) is 37.6. The van der Waals surface area contributed by atoms with Crippen molar-refractivity contribution in [1.29, 1.82) is 0 Å². The van der Waals surface area contributed by atoms with E-state index in [9.17, 15) is 13.9 Å². The molecule has 3 N–H and O–H groups in total. The van der Waals surface area contributed by atoms with Gasteiger partial charge in [-0.3, -0.25) is 42.0 Å². The summed E-state index contributed by atoms with van der Waals surface area (Å²) in [5.41, 5.74) is 16.9. The van der Waals surface area contributed by atoms with Gasteiger partial charge in [0.1, 0.15) is 0 Å². The molecule has 10 aromatic rings. The number of aromatic nitrogens is 7. The van der Waals surface area contributed by atoms with Crippen molar-refractivity contribution in [2.24, 2.45) is 10.4 Å². The minimum atomic E-state index is -3.68. The molecule has 3 aliphatic rings. The molecule has 0 aliphatic carbocycles. The maximum atomic E-state index is 14.4. The maximum Gasteiger partial charge on any atom is 2.00 e. The van der Waals surface area contributed by atoms with Gasteiger partial charge < -0.3 is 24.9 Å². The van der Waals surface area contributed by atoms with Crippen LogP contribution in [0.5, 0.6) is 0 Å². The van der Waals surface area contributed by atoms with Crippen molar-refractivity contribution in [2.75, 3.05) is 0 Å². The molecule has 40 heteroatoms. The van der Waals surface area contributed by atoms with E-state index in [1.54, 1.807) is 12.1 Å². The average molecular weight is 2960 g/mol. The minimum absolute atomic E-state index is 0. The van der Waals surface area contributed by atoms with Crippen molar-refractivity contribution in [3.63, 3.8) is 0 Å². The number of hydrogen-bond donors (Lipinski definition) is 3. The standard InChI is InChI=1S/C43H45N4O3P.C31H36BrN2O4P.C12H18N2.C4H12Si.21Zn/c1-27-10-12-28(13-11-27)39-35-21-17-31(45-35)25-38-43(8,9)26-32(46-38)24-30-16-20-34(44-30)40(37-23-22-36(39)47-37)29-14-18-33(19-15-29)51(48,49-41(2,3)4)50-42(5,6)7;1-20-8-10-22(11-9-20)29(35)26-17-16-24(33-26)28(25-18-19-27(32)34-25)21-12-14-23(15-13-21)39(36,37-30(2,3)4)38-31(5,6)7;1-9-8-12(2,3)11(14-9)7-10-5-4-6-13-10;1-5(2,3)4;;;;;;;;;;;;;;;;;;;;;/h10-25H,26H2,1-9H3;8-19,28,33-34H,1-7H3;4-6,11,13H,7-8H2,1-3H3;1-4H3;;;;;;;;;;;;;;;;;;;;;/q-2;;;;;;;;;;;;;;;;;;;;;;;;+2. The molecule has 2 unspecified atom stereocenters. The quantitative estimate of drug-likeness (QED) is 0.0501. The Hall–Kier alpha value is 5.01. The Labute approximate surface area is 1050 Å². The number of ketones is 1. The number of benzene rings is 4. The van der Waals surface area contributed by atoms with Crippen molar-refractivity contribution in [1.82, 2.24) is 34.9 Å². The molecule has 3 aliphatic heterocycles. The SMILES string of the molecule is CC1=NC(Cc2ccc[nH]2)C(C)(C)C1.C[Si](C)(C)C.Cc1ccc(-c2c3nc(c(-c4ccc(P(=O)(OC(C)(C)C)OC(C)(C)C)cc4)c4ccc(cc5nc(cc6ccc2[n-]6)C(C)(C)C5)[n-]4)C=C3)cc1.Cc1ccc(C(=O)c2ccc(C(c3ccc(P(=O)(OC(C)(C)C)OC(C)(C)C)cc3)c3ccc(Br)[nH]3)[nH]2)cc1.[Zn+2].[Zn].[Zn].[Zn].[Zn].[Zn].[Zn].[Zn].[Zn].[Zn].[Zn].[Zn].[Zn].[Zn].[Zn].[Zn].[Zn].[Zn].[Zn].[Zn].[Zn]. The summed E-state index contributed by atoms with van der Waals surface area (Å²) in [6.45, 7) is 47.0. The number of aromatic amines is 3. The first kappa shape index (κ1) is 160. The zero-order valence-corrected chi connectivity index (χ0v) is 150. The van der Waals surface area contributed by atoms with Crippen LogP contribution in [-0.2, 0) is 455 Å². The number of H-pyrrole nitrogens is 3. The van der Waals surface area contributed by atoms with E-state index >= 15 is 0 Å². The number of aryl methyl sites for hydroxylation is 2. The van der Waals surface area contributed by atoms with Crippen LogP contribution >= 0.6 is 31.1 Å². The van der Waals surface area contributed by atoms with E-state index in [0.717, 1.165) is 113 Å². The molecule has 0 amide bonds. The molecule has 2 atom stereocenters. The van der Waals surface area contributed by atoms with Gasteiger partial charge in [-0.25, -0.2) is 4.98 Å². The van der Waals surface area contributed by atoms with Crippen LogP contribution in [0.2, 0.25) is 26.2 Å². The first-order valence-corrected chi connectivity index (χ1v) is 45.5. The van der Waals surface area contributed by atoms with Crippen molar-refractivity contribution in [2.45, 2.75) is 217 Å². The van der Waals surface area contributed by atoms with Crippen LogP contribution in [0.25, 0.3) is 56.5 Å². The van der Waals surface area contributed by atoms with Gasteiger partial charge in [0.25, 0.3) is 0 Å². The predicted octanol–water partition coefficient (Wildman–Crippen LogP) is 23.3. The van der Waals surface area contributed by atoms with E-state index in [-0.39, 0.29) is 426 Å². The minimum Gasteiger partial charge on any atom is -0.657 e. The smallest absolute Gasteiger partial charge is 0.657 e. The number of nitrogens with one attached hydrogen (secondary N) is 3. The Bertz CT molecular complexity index is 5220. The van der Waals surface area contributed by atoms with Gasteiger partial charge in [0.15, 0.2) is 0 Å². The second-order valence-corrected chi connectivity index (χ2v) is 46.4. The molecular weight excluding hydrogens is 2850 g/mol. The number of fused-ring (bicyclic) bond motifs is 8. The van der Waals surface area contributed by atoms with Crippen LogP contribution in [0.4, 0.5) is 0 Å². The summed E-state index contributed by atoms with van der Waals surface area (Å²) < 4.78 is 53.5. The van der Waals surface area contributed by atoms with Crippen LogP contribution in [0.3, 0.4) is 0 Å². The third-order valence-electron chi connectivity index (χ3n) is 17.7. The molecule has 6 aromatic heterocycles. The molecule has 13 rings (SSSR count). The fraction of sp³-hybridized carbons (Fsp3) is 0.378. The van der Waals surface area contributed by atoms with E-state index in [0.29, 0.717) is 33.3 Å². The summed E-state index contributed by atoms with van der Waals surface area (Å²) >= 11 is 3.51. The third-order valence-corrected chi connectivity index (χ3v) is 23.2. The molecule has 0 spiro atoms. The Kier molecular flexibility index (Phi) is 84.5. The normalized spacial score (nSPS) is 12.9. The van der Waals surface area contributed by atoms with E-state index in [1.165, 1.54) is 17.0 Å². The second-order valence-electron chi connectivity index (χ2n) is 35.8. The zero-order valence-electron chi connectivity index (χ0n) is 82.9. The van der Waals surface area contributed by atoms with Crippen molar-refractivity contribution in [3.8, 4) is 22.3 Å². The summed E-state index contributed by atoms with van der Waals surface area (Å²) in [5.74, 6) is -0.293. The van der Waals surface area contributed by atoms with Gasteiger partial charge in [-0.1, -0.05) is 174 Å². The number of nitrogens with zero attached hydrogens (tertiary/aromatic N) is 5. The van der Waals surface area contributed by atoms with Gasteiger partial charge in [-0.2, -0.15) is 0 Å². The van der Waals surface area contributed by atoms with Crippen molar-refractivity contribution < 1.29 is 441 Å².